The number of carbonyl (C=O) groups is 6. The number of hydrogen-bond acceptors (Lipinski definition) is 9. The number of aliphatic hydroxyl groups is 1. The van der Waals surface area contributed by atoms with Crippen LogP contribution in [0.5, 0.6) is 6.01 Å². The van der Waals surface area contributed by atoms with Crippen molar-refractivity contribution < 1.29 is 57.6 Å². The summed E-state index contributed by atoms with van der Waals surface area (Å²) in [6.07, 6.45) is 19.4. The number of aliphatic carboxylic acids is 2. The number of ether oxygens (including phenoxy) is 1. The van der Waals surface area contributed by atoms with E-state index in [1.165, 1.54) is 42.0 Å². The van der Waals surface area contributed by atoms with E-state index in [0.29, 0.717) is 49.4 Å². The Morgan fingerprint density at radius 1 is 0.667 bits per heavy atom. The molecule has 16 heteroatoms. The van der Waals surface area contributed by atoms with Crippen LogP contribution in [0.15, 0.2) is 85.0 Å². The standard InChI is InChI=1S/C37H46FN3O5.C28H38FNO5/c1-4-6-7-8-9-10-13-27-22-37(27,35(44)45)23-33(42)32-21-29(46-36-39-30-14-11-12-15-31(30)40(36)5-2)24-41(32)34(43)17-16-26-18-25(3)19-28(38)20-26;1-3-4-5-6-7-8-9-21-16-28(21,27(34)35)17-25(32)24-15-23(31)18-30(24)26(33)11-10-20-12-19(2)13-22(29)14-20/h10-15,18-20,27,29,32H,4-9,16-17,21-24H2,1-3H3,(H,44,45);8-9,12-14,21,23-24,31H,3-7,10-11,15-18H2,1-2H3,(H,34,35)/b13-10-;9-8-/t27-,29-,32+,37-;21-,23-,24+,28-/m11/s1. The second kappa shape index (κ2) is 28.4. The van der Waals surface area contributed by atoms with Gasteiger partial charge >= 0.3 is 11.9 Å². The first-order chi connectivity index (χ1) is 38.8. The maximum Gasteiger partial charge on any atom is 0.310 e. The minimum Gasteiger partial charge on any atom is -0.481 e. The smallest absolute Gasteiger partial charge is 0.310 e. The number of ketones is 2. The molecular formula is C65H84F2N4O10. The van der Waals surface area contributed by atoms with Crippen molar-refractivity contribution in [1.29, 1.82) is 0 Å². The first-order valence-corrected chi connectivity index (χ1v) is 29.6. The van der Waals surface area contributed by atoms with Crippen molar-refractivity contribution in [3.63, 3.8) is 0 Å². The maximum absolute atomic E-state index is 14.0. The summed E-state index contributed by atoms with van der Waals surface area (Å²) in [6, 6.07) is 15.9. The van der Waals surface area contributed by atoms with Gasteiger partial charge in [-0.3, -0.25) is 33.3 Å². The van der Waals surface area contributed by atoms with Gasteiger partial charge in [-0.2, -0.15) is 4.98 Å². The summed E-state index contributed by atoms with van der Waals surface area (Å²) in [5, 5.41) is 30.3. The van der Waals surface area contributed by atoms with Crippen LogP contribution < -0.4 is 4.74 Å². The van der Waals surface area contributed by atoms with Crippen molar-refractivity contribution in [2.24, 2.45) is 22.7 Å². The zero-order chi connectivity index (χ0) is 58.4. The van der Waals surface area contributed by atoms with E-state index in [2.05, 4.69) is 24.9 Å². The second-order valence-electron chi connectivity index (χ2n) is 23.3. The van der Waals surface area contributed by atoms with E-state index in [1.807, 2.05) is 66.1 Å². The number of aryl methyl sites for hydroxylation is 5. The number of allylic oxidation sites excluding steroid dienone is 4. The molecule has 2 aliphatic heterocycles. The summed E-state index contributed by atoms with van der Waals surface area (Å²) >= 11 is 0. The van der Waals surface area contributed by atoms with Gasteiger partial charge in [0.25, 0.3) is 6.01 Å². The zero-order valence-electron chi connectivity index (χ0n) is 48.1. The average Bonchev–Trinajstić information content (AvgIpc) is 4.27. The number of benzene rings is 3. The minimum atomic E-state index is -1.14. The predicted octanol–water partition coefficient (Wildman–Crippen LogP) is 11.7. The number of carbonyl (C=O) groups excluding carboxylic acids is 4. The first kappa shape index (κ1) is 62.1. The molecular weight excluding hydrogens is 1030 g/mol. The fraction of sp³-hybridized carbons (Fsp3) is 0.554. The van der Waals surface area contributed by atoms with Crippen LogP contribution in [0.2, 0.25) is 0 Å². The van der Waals surface area contributed by atoms with Crippen LogP contribution in [-0.4, -0.2) is 107 Å². The monoisotopic (exact) mass is 1120 g/mol. The second-order valence-corrected chi connectivity index (χ2v) is 23.3. The van der Waals surface area contributed by atoms with Crippen molar-refractivity contribution in [3.8, 4) is 6.01 Å². The molecule has 2 saturated carbocycles. The zero-order valence-corrected chi connectivity index (χ0v) is 48.1. The molecule has 0 unspecified atom stereocenters. The van der Waals surface area contributed by atoms with E-state index in [-0.39, 0.29) is 98.5 Å². The molecule has 438 valence electrons. The van der Waals surface area contributed by atoms with E-state index in [0.717, 1.165) is 73.5 Å². The fourth-order valence-electron chi connectivity index (χ4n) is 12.1. The van der Waals surface area contributed by atoms with Gasteiger partial charge in [-0.1, -0.05) is 101 Å². The summed E-state index contributed by atoms with van der Waals surface area (Å²) in [5.74, 6) is -4.12. The van der Waals surface area contributed by atoms with Crippen LogP contribution in [0.1, 0.15) is 159 Å². The number of nitrogens with zero attached hydrogens (tertiary/aromatic N) is 4. The van der Waals surface area contributed by atoms with Crippen LogP contribution in [0.3, 0.4) is 0 Å². The molecule has 3 N–H and O–H groups in total. The number of carboxylic acid groups (broad SMARTS) is 2. The quantitative estimate of drug-likeness (QED) is 0.0346. The van der Waals surface area contributed by atoms with E-state index in [9.17, 15) is 52.9 Å². The number of β-amino-alcohol motifs (C(OH)–C–C–N with tert-alkyl or cyclic N) is 1. The number of unbranched alkanes of at least 4 members (excludes halogenated alkanes) is 8. The van der Waals surface area contributed by atoms with Crippen LogP contribution >= 0.6 is 0 Å². The molecule has 4 aliphatic rings. The topological polar surface area (TPSA) is 197 Å². The number of rotatable bonds is 29. The largest absolute Gasteiger partial charge is 0.481 e. The summed E-state index contributed by atoms with van der Waals surface area (Å²) in [7, 11) is 0. The Bertz CT molecular complexity index is 2900. The highest BCUT2D eigenvalue weighted by Crippen LogP contribution is 2.58. The lowest BCUT2D eigenvalue weighted by molar-refractivity contribution is -0.147. The molecule has 2 saturated heterocycles. The number of aromatic nitrogens is 2. The number of aliphatic hydroxyl groups excluding tert-OH is 1. The van der Waals surface area contributed by atoms with Crippen LogP contribution in [0.25, 0.3) is 11.0 Å². The van der Waals surface area contributed by atoms with Crippen molar-refractivity contribution in [3.05, 3.63) is 119 Å². The van der Waals surface area contributed by atoms with Crippen LogP contribution in [-0.2, 0) is 48.2 Å². The average molecular weight is 1120 g/mol. The van der Waals surface area contributed by atoms with Gasteiger partial charge in [0.15, 0.2) is 11.6 Å². The van der Waals surface area contributed by atoms with Gasteiger partial charge in [0.2, 0.25) is 11.8 Å². The highest BCUT2D eigenvalue weighted by atomic mass is 19.1. The normalized spacial score (nSPS) is 24.0. The van der Waals surface area contributed by atoms with E-state index in [1.54, 1.807) is 18.7 Å². The SMILES string of the molecule is CCCCCC/C=C\[C@@H]1C[C@]1(CC(=O)[C@@H]1C[C@@H](O)CN1C(=O)CCc1cc(C)cc(F)c1)C(=O)O.CCCCCC/C=C\[C@@H]1C[C@]1(CC(=O)[C@@H]1C[C@@H](Oc2nc3ccccc3n2CC)CN1C(=O)CCc1cc(C)cc(F)c1)C(=O)O. The number of fused-ring (bicyclic) bond motifs is 1. The van der Waals surface area contributed by atoms with Crippen LogP contribution in [0.4, 0.5) is 8.78 Å². The van der Waals surface area contributed by atoms with Gasteiger partial charge in [0, 0.05) is 51.6 Å². The molecule has 2 aliphatic carbocycles. The van der Waals surface area contributed by atoms with Crippen molar-refractivity contribution >= 4 is 46.4 Å². The van der Waals surface area contributed by atoms with E-state index < -0.39 is 47.1 Å². The third-order valence-electron chi connectivity index (χ3n) is 16.9. The van der Waals surface area contributed by atoms with Crippen molar-refractivity contribution in [2.75, 3.05) is 13.1 Å². The number of Topliss-reactive ketones (excluding diaryl/α,β-unsaturated/α-hetero) is 2. The van der Waals surface area contributed by atoms with Gasteiger partial charge in [0.1, 0.15) is 17.7 Å². The number of imidazole rings is 1. The Kier molecular flexibility index (Phi) is 21.8. The number of para-hydroxylation sites is 2. The molecule has 81 heavy (non-hydrogen) atoms. The Hall–Kier alpha value is -6.55. The third-order valence-corrected chi connectivity index (χ3v) is 16.9. The Morgan fingerprint density at radius 2 is 1.16 bits per heavy atom. The molecule has 0 bridgehead atoms. The molecule has 0 spiro atoms. The molecule has 14 nitrogen and oxygen atoms in total. The van der Waals surface area contributed by atoms with Gasteiger partial charge in [-0.15, -0.1) is 0 Å². The summed E-state index contributed by atoms with van der Waals surface area (Å²) in [5.41, 5.74) is 2.44. The lowest BCUT2D eigenvalue weighted by atomic mass is 9.92. The molecule has 4 fully saturated rings. The Labute approximate surface area is 476 Å². The summed E-state index contributed by atoms with van der Waals surface area (Å²) in [4.78, 5) is 85.8. The van der Waals surface area contributed by atoms with E-state index in [4.69, 9.17) is 4.74 Å². The number of hydrogen-bond donors (Lipinski definition) is 3. The van der Waals surface area contributed by atoms with Crippen molar-refractivity contribution in [1.82, 2.24) is 19.4 Å². The highest BCUT2D eigenvalue weighted by Gasteiger charge is 2.62. The molecule has 4 aromatic rings. The first-order valence-electron chi connectivity index (χ1n) is 29.6. The molecule has 8 rings (SSSR count). The molecule has 2 amide bonds. The fourth-order valence-corrected chi connectivity index (χ4v) is 12.1. The Balaban J connectivity index is 0.000000243. The minimum absolute atomic E-state index is 0.0541. The lowest BCUT2D eigenvalue weighted by Gasteiger charge is -2.25. The predicted molar refractivity (Wildman–Crippen MR) is 306 cm³/mol. The van der Waals surface area contributed by atoms with Gasteiger partial charge in [0.05, 0.1) is 46.6 Å². The van der Waals surface area contributed by atoms with Crippen LogP contribution in [0, 0.1) is 48.1 Å². The maximum atomic E-state index is 14.0. The molecule has 8 atom stereocenters. The number of halogens is 2. The molecule has 0 radical (unpaired) electrons. The van der Waals surface area contributed by atoms with Gasteiger partial charge < -0.3 is 29.9 Å². The van der Waals surface area contributed by atoms with Gasteiger partial charge in [-0.25, -0.2) is 8.78 Å². The number of carboxylic acids is 2. The summed E-state index contributed by atoms with van der Waals surface area (Å²) < 4.78 is 36.0. The lowest BCUT2D eigenvalue weighted by Crippen LogP contribution is -2.42. The highest BCUT2D eigenvalue weighted by molar-refractivity contribution is 5.95. The molecule has 1 aromatic heterocycles. The number of amides is 2. The Morgan fingerprint density at radius 3 is 1.64 bits per heavy atom. The van der Waals surface area contributed by atoms with Gasteiger partial charge in [-0.05, 0) is 143 Å². The molecule has 3 aromatic carbocycles. The molecule has 3 heterocycles. The number of likely N-dealkylation sites (tertiary alicyclic amines) is 2. The van der Waals surface area contributed by atoms with Crippen molar-refractivity contribution in [2.45, 2.75) is 194 Å². The van der Waals surface area contributed by atoms with E-state index >= 15 is 0 Å². The third kappa shape index (κ3) is 16.1. The summed E-state index contributed by atoms with van der Waals surface area (Å²) in [6.45, 7) is 10.8.